The second-order valence-corrected chi connectivity index (χ2v) is 5.30. The van der Waals surface area contributed by atoms with Crippen LogP contribution >= 0.6 is 0 Å². The minimum Gasteiger partial charge on any atom is -0.497 e. The average molecular weight is 307 g/mol. The Hall–Kier alpha value is -1.79. The first-order valence-electron chi connectivity index (χ1n) is 7.67. The van der Waals surface area contributed by atoms with E-state index >= 15 is 0 Å². The highest BCUT2D eigenvalue weighted by Gasteiger charge is 2.11. The lowest BCUT2D eigenvalue weighted by Crippen LogP contribution is -2.44. The van der Waals surface area contributed by atoms with E-state index in [2.05, 4.69) is 15.5 Å². The van der Waals surface area contributed by atoms with Crippen LogP contribution in [0.3, 0.4) is 0 Å². The van der Waals surface area contributed by atoms with Crippen LogP contribution in [0.25, 0.3) is 0 Å². The molecule has 2 rings (SSSR count). The average Bonchev–Trinajstić information content (AvgIpc) is 2.58. The summed E-state index contributed by atoms with van der Waals surface area (Å²) < 4.78 is 10.4. The molecule has 1 heterocycles. The number of amides is 1. The molecule has 0 unspecified atom stereocenters. The maximum absolute atomic E-state index is 12.2. The van der Waals surface area contributed by atoms with E-state index in [1.807, 2.05) is 0 Å². The fourth-order valence-electron chi connectivity index (χ4n) is 2.48. The summed E-state index contributed by atoms with van der Waals surface area (Å²) in [6.45, 7) is 5.96. The Kier molecular flexibility index (Phi) is 6.48. The van der Waals surface area contributed by atoms with Crippen molar-refractivity contribution in [3.8, 4) is 11.5 Å². The van der Waals surface area contributed by atoms with Gasteiger partial charge in [-0.15, -0.1) is 0 Å². The molecule has 1 aliphatic heterocycles. The molecule has 1 aliphatic rings. The van der Waals surface area contributed by atoms with Gasteiger partial charge in [0, 0.05) is 44.4 Å². The van der Waals surface area contributed by atoms with Gasteiger partial charge in [0.05, 0.1) is 14.2 Å². The minimum absolute atomic E-state index is 0.0995. The van der Waals surface area contributed by atoms with Crippen LogP contribution in [0.1, 0.15) is 16.8 Å². The summed E-state index contributed by atoms with van der Waals surface area (Å²) in [5, 5.41) is 6.28. The van der Waals surface area contributed by atoms with Gasteiger partial charge in [0.15, 0.2) is 0 Å². The summed E-state index contributed by atoms with van der Waals surface area (Å²) in [7, 11) is 3.15. The van der Waals surface area contributed by atoms with Gasteiger partial charge in [-0.05, 0) is 25.1 Å². The molecule has 0 bridgehead atoms. The highest BCUT2D eigenvalue weighted by molar-refractivity contribution is 5.95. The normalized spacial score (nSPS) is 15.4. The molecule has 0 aromatic heterocycles. The van der Waals surface area contributed by atoms with Crippen molar-refractivity contribution in [3.05, 3.63) is 23.8 Å². The third-order valence-corrected chi connectivity index (χ3v) is 3.76. The van der Waals surface area contributed by atoms with E-state index in [4.69, 9.17) is 9.47 Å². The molecule has 0 spiro atoms. The fourth-order valence-corrected chi connectivity index (χ4v) is 2.48. The van der Waals surface area contributed by atoms with Crippen molar-refractivity contribution in [1.29, 1.82) is 0 Å². The predicted octanol–water partition coefficient (Wildman–Crippen LogP) is 0.729. The Bertz CT molecular complexity index is 465. The molecule has 1 aromatic rings. The molecular weight excluding hydrogens is 282 g/mol. The number of carbonyl (C=O) groups excluding carboxylic acids is 1. The summed E-state index contributed by atoms with van der Waals surface area (Å²) in [4.78, 5) is 14.6. The van der Waals surface area contributed by atoms with Gasteiger partial charge < -0.3 is 25.0 Å². The van der Waals surface area contributed by atoms with E-state index in [1.54, 1.807) is 32.4 Å². The van der Waals surface area contributed by atoms with Crippen molar-refractivity contribution in [2.45, 2.75) is 6.42 Å². The Morgan fingerprint density at radius 1 is 1.18 bits per heavy atom. The molecule has 0 radical (unpaired) electrons. The van der Waals surface area contributed by atoms with Crippen LogP contribution in [0.15, 0.2) is 18.2 Å². The van der Waals surface area contributed by atoms with Crippen LogP contribution in [0.4, 0.5) is 0 Å². The molecule has 1 fully saturated rings. The van der Waals surface area contributed by atoms with Gasteiger partial charge >= 0.3 is 0 Å². The first-order valence-corrected chi connectivity index (χ1v) is 7.67. The van der Waals surface area contributed by atoms with E-state index in [0.717, 1.165) is 39.1 Å². The first-order chi connectivity index (χ1) is 10.7. The number of piperazine rings is 1. The zero-order valence-corrected chi connectivity index (χ0v) is 13.4. The second-order valence-electron chi connectivity index (χ2n) is 5.30. The van der Waals surface area contributed by atoms with Crippen molar-refractivity contribution in [1.82, 2.24) is 15.5 Å². The van der Waals surface area contributed by atoms with Gasteiger partial charge in [-0.25, -0.2) is 0 Å². The Morgan fingerprint density at radius 3 is 2.41 bits per heavy atom. The Labute approximate surface area is 131 Å². The smallest absolute Gasteiger partial charge is 0.251 e. The van der Waals surface area contributed by atoms with Crippen LogP contribution in [0.2, 0.25) is 0 Å². The molecule has 122 valence electrons. The highest BCUT2D eigenvalue weighted by Crippen LogP contribution is 2.22. The van der Waals surface area contributed by atoms with Gasteiger partial charge in [0.25, 0.3) is 5.91 Å². The van der Waals surface area contributed by atoms with Crippen LogP contribution in [0.5, 0.6) is 11.5 Å². The summed E-state index contributed by atoms with van der Waals surface area (Å²) >= 11 is 0. The van der Waals surface area contributed by atoms with Gasteiger partial charge in [-0.1, -0.05) is 0 Å². The maximum atomic E-state index is 12.2. The van der Waals surface area contributed by atoms with E-state index in [-0.39, 0.29) is 5.91 Å². The molecule has 2 N–H and O–H groups in total. The molecule has 1 amide bonds. The lowest BCUT2D eigenvalue weighted by atomic mass is 10.2. The van der Waals surface area contributed by atoms with Crippen molar-refractivity contribution in [2.24, 2.45) is 0 Å². The molecule has 0 saturated carbocycles. The molecule has 22 heavy (non-hydrogen) atoms. The molecule has 6 heteroatoms. The van der Waals surface area contributed by atoms with Crippen molar-refractivity contribution < 1.29 is 14.3 Å². The third-order valence-electron chi connectivity index (χ3n) is 3.76. The van der Waals surface area contributed by atoms with Crippen LogP contribution in [0, 0.1) is 0 Å². The Balaban J connectivity index is 1.79. The van der Waals surface area contributed by atoms with Crippen LogP contribution < -0.4 is 20.1 Å². The number of rotatable bonds is 7. The van der Waals surface area contributed by atoms with E-state index < -0.39 is 0 Å². The molecule has 0 atom stereocenters. The number of carbonyl (C=O) groups is 1. The van der Waals surface area contributed by atoms with Crippen molar-refractivity contribution in [2.75, 3.05) is 53.5 Å². The monoisotopic (exact) mass is 307 g/mol. The van der Waals surface area contributed by atoms with Gasteiger partial charge in [0.2, 0.25) is 0 Å². The number of benzene rings is 1. The second kappa shape index (κ2) is 8.60. The van der Waals surface area contributed by atoms with E-state index in [9.17, 15) is 4.79 Å². The van der Waals surface area contributed by atoms with E-state index in [0.29, 0.717) is 23.6 Å². The number of nitrogens with one attached hydrogen (secondary N) is 2. The predicted molar refractivity (Wildman–Crippen MR) is 85.8 cm³/mol. The van der Waals surface area contributed by atoms with Gasteiger partial charge in [-0.3, -0.25) is 4.79 Å². The lowest BCUT2D eigenvalue weighted by molar-refractivity contribution is 0.0950. The lowest BCUT2D eigenvalue weighted by Gasteiger charge is -2.27. The summed E-state index contributed by atoms with van der Waals surface area (Å²) in [6.07, 6.45) is 0.951. The standard InChI is InChI=1S/C16H25N3O3/c1-21-14-10-13(11-15(12-14)22-2)16(20)18-4-3-7-19-8-5-17-6-9-19/h10-12,17H,3-9H2,1-2H3,(H,18,20). The molecule has 6 nitrogen and oxygen atoms in total. The van der Waals surface area contributed by atoms with Crippen LogP contribution in [-0.2, 0) is 0 Å². The zero-order valence-electron chi connectivity index (χ0n) is 13.4. The van der Waals surface area contributed by atoms with Crippen molar-refractivity contribution >= 4 is 5.91 Å². The largest absolute Gasteiger partial charge is 0.497 e. The topological polar surface area (TPSA) is 62.8 Å². The number of hydrogen-bond acceptors (Lipinski definition) is 5. The first kappa shape index (κ1) is 16.6. The van der Waals surface area contributed by atoms with E-state index in [1.165, 1.54) is 0 Å². The summed E-state index contributed by atoms with van der Waals surface area (Å²) in [5.74, 6) is 1.13. The highest BCUT2D eigenvalue weighted by atomic mass is 16.5. The number of methoxy groups -OCH3 is 2. The molecular formula is C16H25N3O3. The zero-order chi connectivity index (χ0) is 15.8. The summed E-state index contributed by atoms with van der Waals surface area (Å²) in [5.41, 5.74) is 0.554. The molecule has 1 aromatic carbocycles. The molecule has 0 aliphatic carbocycles. The Morgan fingerprint density at radius 2 is 1.82 bits per heavy atom. The summed E-state index contributed by atoms with van der Waals surface area (Å²) in [6, 6.07) is 5.18. The number of hydrogen-bond donors (Lipinski definition) is 2. The van der Waals surface area contributed by atoms with Crippen molar-refractivity contribution in [3.63, 3.8) is 0 Å². The number of nitrogens with zero attached hydrogens (tertiary/aromatic N) is 1. The maximum Gasteiger partial charge on any atom is 0.251 e. The third kappa shape index (κ3) is 4.89. The quantitative estimate of drug-likeness (QED) is 0.727. The van der Waals surface area contributed by atoms with Gasteiger partial charge in [-0.2, -0.15) is 0 Å². The van der Waals surface area contributed by atoms with Gasteiger partial charge in [0.1, 0.15) is 11.5 Å². The van der Waals surface area contributed by atoms with Crippen LogP contribution in [-0.4, -0.2) is 64.3 Å². The molecule has 1 saturated heterocycles. The minimum atomic E-state index is -0.0995. The number of ether oxygens (including phenoxy) is 2. The fraction of sp³-hybridized carbons (Fsp3) is 0.562. The SMILES string of the molecule is COc1cc(OC)cc(C(=O)NCCCN2CCNCC2)c1.